The van der Waals surface area contributed by atoms with Gasteiger partial charge in [0.15, 0.2) is 0 Å². The number of rotatable bonds is 4. The van der Waals surface area contributed by atoms with Gasteiger partial charge in [-0.15, -0.1) is 0 Å². The zero-order chi connectivity index (χ0) is 14.7. The lowest BCUT2D eigenvalue weighted by Gasteiger charge is -2.28. The second-order valence-corrected chi connectivity index (χ2v) is 6.31. The number of amides is 1. The van der Waals surface area contributed by atoms with Gasteiger partial charge < -0.3 is 15.5 Å². The number of nitrogens with two attached hydrogens (primary N) is 1. The monoisotopic (exact) mass is 287 g/mol. The van der Waals surface area contributed by atoms with Crippen molar-refractivity contribution in [2.45, 2.75) is 38.1 Å². The second-order valence-electron chi connectivity index (χ2n) is 6.31. The number of carbonyl (C=O) groups is 1. The van der Waals surface area contributed by atoms with Gasteiger partial charge in [-0.3, -0.25) is 4.79 Å². The second kappa shape index (κ2) is 6.48. The predicted molar refractivity (Wildman–Crippen MR) is 85.0 cm³/mol. The van der Waals surface area contributed by atoms with Crippen LogP contribution in [0.15, 0.2) is 24.3 Å². The van der Waals surface area contributed by atoms with E-state index in [1.54, 1.807) is 0 Å². The zero-order valence-electron chi connectivity index (χ0n) is 12.6. The maximum atomic E-state index is 12.6. The van der Waals surface area contributed by atoms with Crippen LogP contribution in [0.2, 0.25) is 0 Å². The summed E-state index contributed by atoms with van der Waals surface area (Å²) in [5, 5.41) is 0. The van der Waals surface area contributed by atoms with Crippen LogP contribution < -0.4 is 5.73 Å². The molecule has 1 aromatic rings. The third-order valence-corrected chi connectivity index (χ3v) is 4.70. The van der Waals surface area contributed by atoms with Crippen LogP contribution in [0.1, 0.15) is 31.2 Å². The Morgan fingerprint density at radius 2 is 1.81 bits per heavy atom. The van der Waals surface area contributed by atoms with E-state index in [1.165, 1.54) is 25.9 Å². The predicted octanol–water partition coefficient (Wildman–Crippen LogP) is 1.90. The Morgan fingerprint density at radius 1 is 1.10 bits per heavy atom. The number of anilines is 1. The van der Waals surface area contributed by atoms with Crippen molar-refractivity contribution in [1.82, 2.24) is 9.80 Å². The minimum atomic E-state index is 0.265. The lowest BCUT2D eigenvalue weighted by molar-refractivity contribution is -0.131. The van der Waals surface area contributed by atoms with Crippen molar-refractivity contribution in [3.8, 4) is 0 Å². The molecule has 114 valence electrons. The molecular weight excluding hydrogens is 262 g/mol. The van der Waals surface area contributed by atoms with Gasteiger partial charge in [0.2, 0.25) is 5.91 Å². The summed E-state index contributed by atoms with van der Waals surface area (Å²) in [6, 6.07) is 8.07. The summed E-state index contributed by atoms with van der Waals surface area (Å²) >= 11 is 0. The Hall–Kier alpha value is -1.55. The number of likely N-dealkylation sites (tertiary alicyclic amines) is 2. The lowest BCUT2D eigenvalue weighted by atomic mass is 10.1. The average molecular weight is 287 g/mol. The first-order valence-electron chi connectivity index (χ1n) is 8.08. The van der Waals surface area contributed by atoms with Crippen LogP contribution in [0.4, 0.5) is 5.69 Å². The summed E-state index contributed by atoms with van der Waals surface area (Å²) in [7, 11) is 0. The van der Waals surface area contributed by atoms with Crippen molar-refractivity contribution in [2.24, 2.45) is 0 Å². The highest BCUT2D eigenvalue weighted by atomic mass is 16.2. The van der Waals surface area contributed by atoms with Crippen LogP contribution in [-0.4, -0.2) is 47.9 Å². The van der Waals surface area contributed by atoms with Gasteiger partial charge in [0, 0.05) is 24.8 Å². The molecule has 0 spiro atoms. The first-order valence-corrected chi connectivity index (χ1v) is 8.08. The van der Waals surface area contributed by atoms with E-state index in [0.29, 0.717) is 12.5 Å². The molecule has 0 bridgehead atoms. The topological polar surface area (TPSA) is 49.6 Å². The normalized spacial score (nSPS) is 22.9. The molecule has 1 unspecified atom stereocenters. The molecule has 2 aliphatic heterocycles. The summed E-state index contributed by atoms with van der Waals surface area (Å²) in [5.74, 6) is 0.265. The highest BCUT2D eigenvalue weighted by molar-refractivity contribution is 5.79. The Bertz CT molecular complexity index is 479. The van der Waals surface area contributed by atoms with Gasteiger partial charge in [-0.1, -0.05) is 12.1 Å². The van der Waals surface area contributed by atoms with Crippen LogP contribution in [0.5, 0.6) is 0 Å². The molecule has 21 heavy (non-hydrogen) atoms. The smallest absolute Gasteiger partial charge is 0.227 e. The van der Waals surface area contributed by atoms with Crippen molar-refractivity contribution in [3.63, 3.8) is 0 Å². The number of benzene rings is 1. The molecule has 2 heterocycles. The maximum absolute atomic E-state index is 12.6. The number of hydrogen-bond donors (Lipinski definition) is 1. The van der Waals surface area contributed by atoms with E-state index in [9.17, 15) is 4.79 Å². The summed E-state index contributed by atoms with van der Waals surface area (Å²) < 4.78 is 0. The molecule has 4 nitrogen and oxygen atoms in total. The molecule has 1 aromatic carbocycles. The number of hydrogen-bond acceptors (Lipinski definition) is 3. The SMILES string of the molecule is Nc1ccc(CC(=O)N2CCCC2CN2CCCC2)cc1. The molecule has 2 fully saturated rings. The van der Waals surface area contributed by atoms with Gasteiger partial charge in [0.25, 0.3) is 0 Å². The van der Waals surface area contributed by atoms with E-state index >= 15 is 0 Å². The summed E-state index contributed by atoms with van der Waals surface area (Å²) in [4.78, 5) is 17.2. The molecule has 2 aliphatic rings. The number of nitrogen functional groups attached to an aromatic ring is 1. The van der Waals surface area contributed by atoms with Gasteiger partial charge in [-0.05, 0) is 56.5 Å². The van der Waals surface area contributed by atoms with Gasteiger partial charge >= 0.3 is 0 Å². The van der Waals surface area contributed by atoms with Gasteiger partial charge in [-0.2, -0.15) is 0 Å². The van der Waals surface area contributed by atoms with Gasteiger partial charge in [0.1, 0.15) is 0 Å². The molecule has 1 amide bonds. The fourth-order valence-corrected chi connectivity index (χ4v) is 3.53. The Balaban J connectivity index is 1.58. The molecule has 0 aromatic heterocycles. The van der Waals surface area contributed by atoms with Crippen molar-refractivity contribution in [1.29, 1.82) is 0 Å². The lowest BCUT2D eigenvalue weighted by Crippen LogP contribution is -2.43. The van der Waals surface area contributed by atoms with E-state index in [4.69, 9.17) is 5.73 Å². The fourth-order valence-electron chi connectivity index (χ4n) is 3.53. The molecule has 0 saturated carbocycles. The highest BCUT2D eigenvalue weighted by Crippen LogP contribution is 2.21. The summed E-state index contributed by atoms with van der Waals surface area (Å²) in [6.07, 6.45) is 5.42. The third-order valence-electron chi connectivity index (χ3n) is 4.70. The molecular formula is C17H25N3O. The molecule has 0 aliphatic carbocycles. The number of carbonyl (C=O) groups excluding carboxylic acids is 1. The largest absolute Gasteiger partial charge is 0.399 e. The van der Waals surface area contributed by atoms with E-state index in [-0.39, 0.29) is 5.91 Å². The zero-order valence-corrected chi connectivity index (χ0v) is 12.6. The van der Waals surface area contributed by atoms with Crippen LogP contribution in [0.25, 0.3) is 0 Å². The van der Waals surface area contributed by atoms with Crippen molar-refractivity contribution >= 4 is 11.6 Å². The van der Waals surface area contributed by atoms with Crippen molar-refractivity contribution < 1.29 is 4.79 Å². The van der Waals surface area contributed by atoms with E-state index in [1.807, 2.05) is 24.3 Å². The molecule has 4 heteroatoms. The Morgan fingerprint density at radius 3 is 2.52 bits per heavy atom. The average Bonchev–Trinajstić information content (AvgIpc) is 3.13. The van der Waals surface area contributed by atoms with Gasteiger partial charge in [0.05, 0.1) is 6.42 Å². The van der Waals surface area contributed by atoms with E-state index in [2.05, 4.69) is 9.80 Å². The van der Waals surface area contributed by atoms with Crippen LogP contribution in [0.3, 0.4) is 0 Å². The molecule has 1 atom stereocenters. The number of nitrogens with zero attached hydrogens (tertiary/aromatic N) is 2. The molecule has 3 rings (SSSR count). The molecule has 2 N–H and O–H groups in total. The van der Waals surface area contributed by atoms with Crippen molar-refractivity contribution in [3.05, 3.63) is 29.8 Å². The van der Waals surface area contributed by atoms with E-state index in [0.717, 1.165) is 37.2 Å². The quantitative estimate of drug-likeness (QED) is 0.861. The molecule has 0 radical (unpaired) electrons. The summed E-state index contributed by atoms with van der Waals surface area (Å²) in [6.45, 7) is 4.40. The first-order chi connectivity index (χ1) is 10.2. The first kappa shape index (κ1) is 14.4. The fraction of sp³-hybridized carbons (Fsp3) is 0.588. The minimum absolute atomic E-state index is 0.265. The third kappa shape index (κ3) is 3.56. The standard InChI is InChI=1S/C17H25N3O/c18-15-7-5-14(6-8-15)12-17(21)20-11-3-4-16(20)13-19-9-1-2-10-19/h5-8,16H,1-4,9-13,18H2. The highest BCUT2D eigenvalue weighted by Gasteiger charge is 2.30. The van der Waals surface area contributed by atoms with Crippen molar-refractivity contribution in [2.75, 3.05) is 31.9 Å². The summed E-state index contributed by atoms with van der Waals surface area (Å²) in [5.41, 5.74) is 7.50. The van der Waals surface area contributed by atoms with Crippen LogP contribution in [0, 0.1) is 0 Å². The Labute approximate surface area is 126 Å². The van der Waals surface area contributed by atoms with E-state index < -0.39 is 0 Å². The molecule has 2 saturated heterocycles. The van der Waals surface area contributed by atoms with Crippen LogP contribution in [-0.2, 0) is 11.2 Å². The van der Waals surface area contributed by atoms with Crippen LogP contribution >= 0.6 is 0 Å². The maximum Gasteiger partial charge on any atom is 0.227 e. The minimum Gasteiger partial charge on any atom is -0.399 e. The van der Waals surface area contributed by atoms with Gasteiger partial charge in [-0.25, -0.2) is 0 Å². The Kier molecular flexibility index (Phi) is 4.44.